The number of rotatable bonds is 2. The lowest BCUT2D eigenvalue weighted by atomic mass is 9.98. The monoisotopic (exact) mass is 309 g/mol. The van der Waals surface area contributed by atoms with Gasteiger partial charge < -0.3 is 5.73 Å². The molecule has 1 unspecified atom stereocenters. The average Bonchev–Trinajstić information content (AvgIpc) is 2.31. The van der Waals surface area contributed by atoms with E-state index in [0.29, 0.717) is 5.02 Å². The summed E-state index contributed by atoms with van der Waals surface area (Å²) in [6.45, 7) is 2.06. The SMILES string of the molecule is Cc1ccc(Br)c(C(N)c2cccc(Cl)c2)c1. The molecule has 17 heavy (non-hydrogen) atoms. The number of hydrogen-bond donors (Lipinski definition) is 1. The highest BCUT2D eigenvalue weighted by Gasteiger charge is 2.12. The van der Waals surface area contributed by atoms with E-state index in [4.69, 9.17) is 17.3 Å². The molecule has 2 rings (SSSR count). The minimum Gasteiger partial charge on any atom is -0.320 e. The van der Waals surface area contributed by atoms with Crippen LogP contribution >= 0.6 is 27.5 Å². The van der Waals surface area contributed by atoms with Crippen LogP contribution in [0.15, 0.2) is 46.9 Å². The van der Waals surface area contributed by atoms with E-state index in [1.165, 1.54) is 5.56 Å². The fourth-order valence-corrected chi connectivity index (χ4v) is 2.47. The Balaban J connectivity index is 2.43. The van der Waals surface area contributed by atoms with Crippen LogP contribution in [0.25, 0.3) is 0 Å². The quantitative estimate of drug-likeness (QED) is 0.871. The van der Waals surface area contributed by atoms with Crippen molar-refractivity contribution < 1.29 is 0 Å². The summed E-state index contributed by atoms with van der Waals surface area (Å²) >= 11 is 9.51. The lowest BCUT2D eigenvalue weighted by Gasteiger charge is -2.15. The normalized spacial score (nSPS) is 12.5. The summed E-state index contributed by atoms with van der Waals surface area (Å²) < 4.78 is 1.02. The molecule has 88 valence electrons. The van der Waals surface area contributed by atoms with Crippen LogP contribution in [0.2, 0.25) is 5.02 Å². The first-order chi connectivity index (χ1) is 8.08. The van der Waals surface area contributed by atoms with E-state index in [-0.39, 0.29) is 6.04 Å². The molecule has 0 fully saturated rings. The molecule has 2 aromatic carbocycles. The number of aryl methyl sites for hydroxylation is 1. The largest absolute Gasteiger partial charge is 0.320 e. The summed E-state index contributed by atoms with van der Waals surface area (Å²) in [6.07, 6.45) is 0. The van der Waals surface area contributed by atoms with E-state index in [1.54, 1.807) is 0 Å². The Kier molecular flexibility index (Phi) is 3.87. The zero-order valence-corrected chi connectivity index (χ0v) is 11.8. The van der Waals surface area contributed by atoms with Gasteiger partial charge in [-0.1, -0.05) is 57.4 Å². The number of hydrogen-bond acceptors (Lipinski definition) is 1. The molecular formula is C14H13BrClN. The molecule has 1 atom stereocenters. The maximum atomic E-state index is 6.27. The van der Waals surface area contributed by atoms with Gasteiger partial charge >= 0.3 is 0 Å². The highest BCUT2D eigenvalue weighted by molar-refractivity contribution is 9.10. The van der Waals surface area contributed by atoms with Crippen molar-refractivity contribution in [2.75, 3.05) is 0 Å². The van der Waals surface area contributed by atoms with Crippen molar-refractivity contribution in [1.82, 2.24) is 0 Å². The van der Waals surface area contributed by atoms with Gasteiger partial charge in [-0.05, 0) is 36.2 Å². The van der Waals surface area contributed by atoms with Crippen LogP contribution in [-0.4, -0.2) is 0 Å². The predicted molar refractivity (Wildman–Crippen MR) is 76.4 cm³/mol. The molecule has 2 aromatic rings. The van der Waals surface area contributed by atoms with E-state index >= 15 is 0 Å². The third kappa shape index (κ3) is 2.89. The fraction of sp³-hybridized carbons (Fsp3) is 0.143. The number of halogens is 2. The van der Waals surface area contributed by atoms with Crippen molar-refractivity contribution in [3.63, 3.8) is 0 Å². The van der Waals surface area contributed by atoms with Crippen LogP contribution in [0.3, 0.4) is 0 Å². The molecule has 0 radical (unpaired) electrons. The minimum atomic E-state index is -0.164. The second-order valence-electron chi connectivity index (χ2n) is 4.06. The summed E-state index contributed by atoms with van der Waals surface area (Å²) in [6, 6.07) is 13.7. The van der Waals surface area contributed by atoms with Crippen molar-refractivity contribution in [3.05, 3.63) is 68.7 Å². The van der Waals surface area contributed by atoms with E-state index in [0.717, 1.165) is 15.6 Å². The third-order valence-corrected chi connectivity index (χ3v) is 3.65. The topological polar surface area (TPSA) is 26.0 Å². The van der Waals surface area contributed by atoms with Crippen molar-refractivity contribution in [2.45, 2.75) is 13.0 Å². The average molecular weight is 311 g/mol. The summed E-state index contributed by atoms with van der Waals surface area (Å²) in [5.41, 5.74) is 9.55. The Bertz CT molecular complexity index is 539. The molecule has 0 aromatic heterocycles. The van der Waals surface area contributed by atoms with E-state index < -0.39 is 0 Å². The first kappa shape index (κ1) is 12.6. The van der Waals surface area contributed by atoms with Gasteiger partial charge in [0.05, 0.1) is 6.04 Å². The Morgan fingerprint density at radius 1 is 1.18 bits per heavy atom. The molecule has 0 aliphatic carbocycles. The van der Waals surface area contributed by atoms with Crippen molar-refractivity contribution >= 4 is 27.5 Å². The molecule has 0 bridgehead atoms. The molecule has 0 amide bonds. The fourth-order valence-electron chi connectivity index (χ4n) is 1.78. The lowest BCUT2D eigenvalue weighted by molar-refractivity contribution is 0.864. The molecule has 3 heteroatoms. The first-order valence-electron chi connectivity index (χ1n) is 5.35. The van der Waals surface area contributed by atoms with Gasteiger partial charge in [-0.2, -0.15) is 0 Å². The van der Waals surface area contributed by atoms with Crippen molar-refractivity contribution in [2.24, 2.45) is 5.73 Å². The molecule has 0 aliphatic rings. The minimum absolute atomic E-state index is 0.164. The second-order valence-corrected chi connectivity index (χ2v) is 5.35. The summed E-state index contributed by atoms with van der Waals surface area (Å²) in [7, 11) is 0. The van der Waals surface area contributed by atoms with Crippen LogP contribution in [0.1, 0.15) is 22.7 Å². The standard InChI is InChI=1S/C14H13BrClN/c1-9-5-6-13(15)12(7-9)14(17)10-3-2-4-11(16)8-10/h2-8,14H,17H2,1H3. The van der Waals surface area contributed by atoms with Gasteiger partial charge in [0.15, 0.2) is 0 Å². The van der Waals surface area contributed by atoms with E-state index in [2.05, 4.69) is 35.0 Å². The summed E-state index contributed by atoms with van der Waals surface area (Å²) in [4.78, 5) is 0. The number of nitrogens with two attached hydrogens (primary N) is 1. The Morgan fingerprint density at radius 3 is 2.65 bits per heavy atom. The van der Waals surface area contributed by atoms with Crippen LogP contribution < -0.4 is 5.73 Å². The van der Waals surface area contributed by atoms with Gasteiger partial charge in [-0.25, -0.2) is 0 Å². The van der Waals surface area contributed by atoms with Gasteiger partial charge in [0, 0.05) is 9.50 Å². The molecule has 2 N–H and O–H groups in total. The van der Waals surface area contributed by atoms with Crippen LogP contribution in [0.4, 0.5) is 0 Å². The zero-order valence-electron chi connectivity index (χ0n) is 9.45. The van der Waals surface area contributed by atoms with E-state index in [1.807, 2.05) is 30.3 Å². The number of benzene rings is 2. The maximum Gasteiger partial charge on any atom is 0.0563 e. The van der Waals surface area contributed by atoms with Gasteiger partial charge in [-0.3, -0.25) is 0 Å². The highest BCUT2D eigenvalue weighted by atomic mass is 79.9. The van der Waals surface area contributed by atoms with Gasteiger partial charge in [0.1, 0.15) is 0 Å². The highest BCUT2D eigenvalue weighted by Crippen LogP contribution is 2.28. The summed E-state index contributed by atoms with van der Waals surface area (Å²) in [5.74, 6) is 0. The lowest BCUT2D eigenvalue weighted by Crippen LogP contribution is -2.12. The smallest absolute Gasteiger partial charge is 0.0563 e. The van der Waals surface area contributed by atoms with Crippen molar-refractivity contribution in [1.29, 1.82) is 0 Å². The van der Waals surface area contributed by atoms with Crippen molar-refractivity contribution in [3.8, 4) is 0 Å². The molecule has 0 saturated heterocycles. The molecule has 1 nitrogen and oxygen atoms in total. The Morgan fingerprint density at radius 2 is 1.94 bits per heavy atom. The Hall–Kier alpha value is -0.830. The molecule has 0 heterocycles. The second kappa shape index (κ2) is 5.21. The third-order valence-electron chi connectivity index (χ3n) is 2.69. The maximum absolute atomic E-state index is 6.27. The molecule has 0 aliphatic heterocycles. The van der Waals surface area contributed by atoms with Crippen LogP contribution in [0, 0.1) is 6.92 Å². The Labute approximate surface area is 115 Å². The van der Waals surface area contributed by atoms with Gasteiger partial charge in [0.25, 0.3) is 0 Å². The van der Waals surface area contributed by atoms with Gasteiger partial charge in [0.2, 0.25) is 0 Å². The first-order valence-corrected chi connectivity index (χ1v) is 6.52. The van der Waals surface area contributed by atoms with E-state index in [9.17, 15) is 0 Å². The van der Waals surface area contributed by atoms with Gasteiger partial charge in [-0.15, -0.1) is 0 Å². The molecule has 0 saturated carbocycles. The molecule has 0 spiro atoms. The predicted octanol–water partition coefficient (Wildman–Crippen LogP) is 4.46. The summed E-state index contributed by atoms with van der Waals surface area (Å²) in [5, 5.41) is 0.710. The molecular weight excluding hydrogens is 298 g/mol. The van der Waals surface area contributed by atoms with Crippen LogP contribution in [0.5, 0.6) is 0 Å². The van der Waals surface area contributed by atoms with Crippen LogP contribution in [-0.2, 0) is 0 Å². The zero-order chi connectivity index (χ0) is 12.4.